The maximum atomic E-state index is 12.4. The van der Waals surface area contributed by atoms with E-state index < -0.39 is 11.7 Å². The Balaban J connectivity index is 1.67. The fraction of sp³-hybridized carbons (Fsp3) is 0.158. The maximum absolute atomic E-state index is 12.4. The smallest absolute Gasteiger partial charge is 0.292 e. The normalized spacial score (nSPS) is 10.6. The molecule has 0 aliphatic rings. The molecular weight excluding hydrogens is 340 g/mol. The summed E-state index contributed by atoms with van der Waals surface area (Å²) in [5.41, 5.74) is 2.10. The number of benzene rings is 2. The summed E-state index contributed by atoms with van der Waals surface area (Å²) < 4.78 is 5.17. The van der Waals surface area contributed by atoms with Crippen LogP contribution in [0.25, 0.3) is 10.9 Å². The van der Waals surface area contributed by atoms with E-state index in [9.17, 15) is 9.59 Å². The Morgan fingerprint density at radius 3 is 2.80 bits per heavy atom. The Morgan fingerprint density at radius 2 is 2.04 bits per heavy atom. The lowest BCUT2D eigenvalue weighted by Crippen LogP contribution is -2.32. The van der Waals surface area contributed by atoms with Crippen molar-refractivity contribution < 1.29 is 14.3 Å². The molecule has 0 aliphatic carbocycles. The molecule has 0 spiro atoms. The van der Waals surface area contributed by atoms with E-state index in [-0.39, 0.29) is 0 Å². The van der Waals surface area contributed by atoms with Crippen LogP contribution in [0.1, 0.15) is 15.9 Å². The van der Waals surface area contributed by atoms with Crippen molar-refractivity contribution in [2.45, 2.75) is 6.42 Å². The van der Waals surface area contributed by atoms with Gasteiger partial charge in [0.2, 0.25) is 0 Å². The van der Waals surface area contributed by atoms with Crippen LogP contribution in [-0.2, 0) is 11.2 Å². The summed E-state index contributed by atoms with van der Waals surface area (Å²) in [6.07, 6.45) is 2.14. The van der Waals surface area contributed by atoms with Gasteiger partial charge in [-0.15, -0.1) is 0 Å². The van der Waals surface area contributed by atoms with Crippen molar-refractivity contribution in [2.75, 3.05) is 13.7 Å². The topological polar surface area (TPSA) is 71.2 Å². The first-order valence-corrected chi connectivity index (χ1v) is 8.18. The lowest BCUT2D eigenvalue weighted by molar-refractivity contribution is -0.116. The fourth-order valence-corrected chi connectivity index (χ4v) is 2.84. The molecule has 0 saturated heterocycles. The molecule has 6 heteroatoms. The first-order chi connectivity index (χ1) is 12.1. The lowest BCUT2D eigenvalue weighted by atomic mass is 10.1. The SMILES string of the molecule is COc1ccc2[nH]cc(C(=O)C(=O)NCCc3cccc(Cl)c3)c2c1. The summed E-state index contributed by atoms with van der Waals surface area (Å²) in [7, 11) is 1.55. The number of hydrogen-bond acceptors (Lipinski definition) is 3. The van der Waals surface area contributed by atoms with Gasteiger partial charge in [0.05, 0.1) is 12.7 Å². The third kappa shape index (κ3) is 3.83. The van der Waals surface area contributed by atoms with E-state index in [1.165, 1.54) is 0 Å². The Labute approximate surface area is 149 Å². The molecule has 25 heavy (non-hydrogen) atoms. The van der Waals surface area contributed by atoms with Gasteiger partial charge in [0.25, 0.3) is 11.7 Å². The third-order valence-electron chi connectivity index (χ3n) is 3.93. The average Bonchev–Trinajstić information content (AvgIpc) is 3.04. The average molecular weight is 357 g/mol. The summed E-state index contributed by atoms with van der Waals surface area (Å²) in [5.74, 6) is -0.584. The molecule has 1 aromatic heterocycles. The monoisotopic (exact) mass is 356 g/mol. The van der Waals surface area contributed by atoms with Crippen molar-refractivity contribution in [1.29, 1.82) is 0 Å². The second-order valence-corrected chi connectivity index (χ2v) is 6.02. The molecule has 1 amide bonds. The number of carbonyl (C=O) groups excluding carboxylic acids is 2. The lowest BCUT2D eigenvalue weighted by Gasteiger charge is -2.05. The van der Waals surface area contributed by atoms with Gasteiger partial charge in [-0.2, -0.15) is 0 Å². The Bertz CT molecular complexity index is 933. The molecular formula is C19H17ClN2O3. The van der Waals surface area contributed by atoms with Crippen molar-refractivity contribution in [3.63, 3.8) is 0 Å². The van der Waals surface area contributed by atoms with Gasteiger partial charge in [-0.3, -0.25) is 9.59 Å². The summed E-state index contributed by atoms with van der Waals surface area (Å²) >= 11 is 5.93. The second-order valence-electron chi connectivity index (χ2n) is 5.58. The molecule has 0 atom stereocenters. The summed E-state index contributed by atoms with van der Waals surface area (Å²) in [6, 6.07) is 12.7. The maximum Gasteiger partial charge on any atom is 0.292 e. The molecule has 3 aromatic rings. The number of carbonyl (C=O) groups is 2. The Kier molecular flexibility index (Phi) is 5.05. The van der Waals surface area contributed by atoms with Gasteiger partial charge in [-0.1, -0.05) is 23.7 Å². The minimum absolute atomic E-state index is 0.328. The largest absolute Gasteiger partial charge is 0.497 e. The number of hydrogen-bond donors (Lipinski definition) is 2. The molecule has 3 rings (SSSR count). The fourth-order valence-electron chi connectivity index (χ4n) is 2.63. The highest BCUT2D eigenvalue weighted by atomic mass is 35.5. The second kappa shape index (κ2) is 7.40. The first kappa shape index (κ1) is 17.0. The van der Waals surface area contributed by atoms with Gasteiger partial charge in [-0.25, -0.2) is 0 Å². The molecule has 0 fully saturated rings. The first-order valence-electron chi connectivity index (χ1n) is 7.80. The summed E-state index contributed by atoms with van der Waals surface area (Å²) in [4.78, 5) is 27.6. The van der Waals surface area contributed by atoms with E-state index in [4.69, 9.17) is 16.3 Å². The highest BCUT2D eigenvalue weighted by Gasteiger charge is 2.19. The standard InChI is InChI=1S/C19H17ClN2O3/c1-25-14-5-6-17-15(10-14)16(11-22-17)18(23)19(24)21-8-7-12-3-2-4-13(20)9-12/h2-6,9-11,22H,7-8H2,1H3,(H,21,24). The number of fused-ring (bicyclic) bond motifs is 1. The third-order valence-corrected chi connectivity index (χ3v) is 4.16. The molecule has 1 heterocycles. The van der Waals surface area contributed by atoms with Crippen LogP contribution in [0.3, 0.4) is 0 Å². The number of ether oxygens (including phenoxy) is 1. The van der Waals surface area contributed by atoms with Crippen LogP contribution >= 0.6 is 11.6 Å². The highest BCUT2D eigenvalue weighted by molar-refractivity contribution is 6.45. The number of nitrogens with one attached hydrogen (secondary N) is 2. The number of ketones is 1. The predicted octanol–water partition coefficient (Wildman–Crippen LogP) is 3.37. The molecule has 0 aliphatic heterocycles. The van der Waals surface area contributed by atoms with Crippen molar-refractivity contribution >= 4 is 34.2 Å². The van der Waals surface area contributed by atoms with Crippen LogP contribution in [0.2, 0.25) is 5.02 Å². The quantitative estimate of drug-likeness (QED) is 0.525. The molecule has 128 valence electrons. The summed E-state index contributed by atoms with van der Waals surface area (Å²) in [6.45, 7) is 0.358. The molecule has 5 nitrogen and oxygen atoms in total. The van der Waals surface area contributed by atoms with E-state index in [0.717, 1.165) is 11.1 Å². The molecule has 0 unspecified atom stereocenters. The highest BCUT2D eigenvalue weighted by Crippen LogP contribution is 2.24. The van der Waals surface area contributed by atoms with E-state index in [1.54, 1.807) is 31.5 Å². The molecule has 0 radical (unpaired) electrons. The van der Waals surface area contributed by atoms with E-state index >= 15 is 0 Å². The van der Waals surface area contributed by atoms with Crippen LogP contribution in [0.5, 0.6) is 5.75 Å². The Hall–Kier alpha value is -2.79. The number of amides is 1. The van der Waals surface area contributed by atoms with Gasteiger partial charge < -0.3 is 15.0 Å². The number of aromatic nitrogens is 1. The van der Waals surface area contributed by atoms with Crippen LogP contribution in [0.4, 0.5) is 0 Å². The van der Waals surface area contributed by atoms with Gasteiger partial charge in [0.1, 0.15) is 5.75 Å². The van der Waals surface area contributed by atoms with Crippen molar-refractivity contribution in [1.82, 2.24) is 10.3 Å². The zero-order valence-electron chi connectivity index (χ0n) is 13.6. The van der Waals surface area contributed by atoms with Crippen molar-refractivity contribution in [3.8, 4) is 5.75 Å². The number of Topliss-reactive ketones (excluding diaryl/α,β-unsaturated/α-hetero) is 1. The van der Waals surface area contributed by atoms with Crippen molar-refractivity contribution in [3.05, 3.63) is 64.8 Å². The number of methoxy groups -OCH3 is 1. The zero-order valence-corrected chi connectivity index (χ0v) is 14.4. The molecule has 0 saturated carbocycles. The van der Waals surface area contributed by atoms with Crippen LogP contribution < -0.4 is 10.1 Å². The van der Waals surface area contributed by atoms with Crippen LogP contribution in [-0.4, -0.2) is 30.3 Å². The minimum atomic E-state index is -0.634. The number of aromatic amines is 1. The molecule has 0 bridgehead atoms. The summed E-state index contributed by atoms with van der Waals surface area (Å²) in [5, 5.41) is 3.96. The zero-order chi connectivity index (χ0) is 17.8. The van der Waals surface area contributed by atoms with E-state index in [1.807, 2.05) is 24.3 Å². The van der Waals surface area contributed by atoms with E-state index in [2.05, 4.69) is 10.3 Å². The van der Waals surface area contributed by atoms with Gasteiger partial charge >= 0.3 is 0 Å². The van der Waals surface area contributed by atoms with Gasteiger partial charge in [0.15, 0.2) is 0 Å². The number of rotatable bonds is 6. The molecule has 2 N–H and O–H groups in total. The Morgan fingerprint density at radius 1 is 1.20 bits per heavy atom. The molecule has 2 aromatic carbocycles. The van der Waals surface area contributed by atoms with Crippen LogP contribution in [0, 0.1) is 0 Å². The number of halogens is 1. The minimum Gasteiger partial charge on any atom is -0.497 e. The van der Waals surface area contributed by atoms with E-state index in [0.29, 0.717) is 34.7 Å². The predicted molar refractivity (Wildman–Crippen MR) is 97.3 cm³/mol. The van der Waals surface area contributed by atoms with Gasteiger partial charge in [-0.05, 0) is 42.3 Å². The number of H-pyrrole nitrogens is 1. The van der Waals surface area contributed by atoms with Crippen LogP contribution in [0.15, 0.2) is 48.7 Å². The van der Waals surface area contributed by atoms with Gasteiger partial charge in [0, 0.05) is 28.7 Å². The van der Waals surface area contributed by atoms with Crippen molar-refractivity contribution in [2.24, 2.45) is 0 Å².